The Balaban J connectivity index is 0.00000320. The fourth-order valence-electron chi connectivity index (χ4n) is 5.30. The predicted molar refractivity (Wildman–Crippen MR) is 136 cm³/mol. The van der Waals surface area contributed by atoms with Crippen molar-refractivity contribution in [3.63, 3.8) is 0 Å². The fraction of sp³-hybridized carbons (Fsp3) is 0.600. The number of aromatic nitrogens is 5. The summed E-state index contributed by atoms with van der Waals surface area (Å²) >= 11 is 0. The maximum Gasteiger partial charge on any atom is 0.284 e. The monoisotopic (exact) mass is 502 g/mol. The molecule has 4 heterocycles. The molecule has 0 bridgehead atoms. The second-order valence-corrected chi connectivity index (χ2v) is 10.4. The molecule has 36 heavy (non-hydrogen) atoms. The number of fused-ring (bicyclic) bond motifs is 1. The van der Waals surface area contributed by atoms with E-state index >= 15 is 0 Å². The van der Waals surface area contributed by atoms with Crippen LogP contribution < -0.4 is 10.2 Å². The van der Waals surface area contributed by atoms with Crippen LogP contribution in [0.4, 0.5) is 20.3 Å². The zero-order chi connectivity index (χ0) is 25.4. The summed E-state index contributed by atoms with van der Waals surface area (Å²) in [6, 6.07) is 1.94. The molecule has 0 aromatic carbocycles. The van der Waals surface area contributed by atoms with Crippen molar-refractivity contribution >= 4 is 23.1 Å². The third-order valence-corrected chi connectivity index (χ3v) is 7.70. The van der Waals surface area contributed by atoms with Gasteiger partial charge in [0, 0.05) is 40.0 Å². The lowest BCUT2D eigenvalue weighted by molar-refractivity contribution is 0.102. The molecule has 1 saturated heterocycles. The van der Waals surface area contributed by atoms with E-state index in [0.717, 1.165) is 57.7 Å². The molecule has 1 N–H and O–H groups in total. The molecular weight excluding hydrogens is 466 g/mol. The number of carbonyl (C=O) groups is 1. The third kappa shape index (κ3) is 4.93. The average Bonchev–Trinajstić information content (AvgIpc) is 3.49. The second kappa shape index (κ2) is 10.1. The summed E-state index contributed by atoms with van der Waals surface area (Å²) in [4.78, 5) is 22.3. The highest BCUT2D eigenvalue weighted by molar-refractivity contribution is 6.08. The lowest BCUT2D eigenvalue weighted by atomic mass is 9.80. The third-order valence-electron chi connectivity index (χ3n) is 7.70. The number of nitrogens with zero attached hydrogens (tertiary/aromatic N) is 7. The summed E-state index contributed by atoms with van der Waals surface area (Å²) in [5.74, 6) is 1.51. The molecule has 3 aromatic rings. The molecule has 5 rings (SSSR count). The van der Waals surface area contributed by atoms with Gasteiger partial charge in [-0.3, -0.25) is 9.48 Å². The first-order chi connectivity index (χ1) is 17.3. The molecular formula is C25H36F2N8O. The quantitative estimate of drug-likeness (QED) is 0.534. The predicted octanol–water partition coefficient (Wildman–Crippen LogP) is 4.50. The number of alkyl halides is 2. The van der Waals surface area contributed by atoms with Gasteiger partial charge in [-0.1, -0.05) is 13.8 Å². The Morgan fingerprint density at radius 2 is 1.86 bits per heavy atom. The molecule has 0 atom stereocenters. The summed E-state index contributed by atoms with van der Waals surface area (Å²) < 4.78 is 30.8. The van der Waals surface area contributed by atoms with Gasteiger partial charge in [-0.25, -0.2) is 18.3 Å². The molecule has 9 nitrogen and oxygen atoms in total. The molecule has 11 heteroatoms. The number of anilines is 2. The molecule has 196 valence electrons. The Morgan fingerprint density at radius 1 is 1.14 bits per heavy atom. The highest BCUT2D eigenvalue weighted by atomic mass is 19.3. The van der Waals surface area contributed by atoms with Crippen molar-refractivity contribution in [2.75, 3.05) is 43.4 Å². The number of nitrogens with one attached hydrogen (secondary N) is 1. The fourth-order valence-corrected chi connectivity index (χ4v) is 5.30. The van der Waals surface area contributed by atoms with Gasteiger partial charge in [-0.2, -0.15) is 10.2 Å². The SMILES string of the molecule is CC(C)C1CCC(n2cc(NC(=O)c3cnn4ccc(N5CCN(C)CC5)nc34)c(C(F)F)n2)CC1.[HH]. The standard InChI is InChI=1S/C25H34F2N8O.H2/c1-16(2)17-4-6-18(7-5-17)35-15-20(22(31-35)23(26)27)29-25(36)19-14-28-34-9-8-21(30-24(19)34)33-12-10-32(3)11-13-33;/h8-9,14-18,23H,4-7,10-13H2,1-3H3,(H,29,36);1H. The van der Waals surface area contributed by atoms with Crippen molar-refractivity contribution in [1.82, 2.24) is 29.3 Å². The van der Waals surface area contributed by atoms with E-state index in [4.69, 9.17) is 0 Å². The Bertz CT molecular complexity index is 1210. The van der Waals surface area contributed by atoms with Gasteiger partial charge in [0.25, 0.3) is 12.3 Å². The minimum Gasteiger partial charge on any atom is -0.354 e. The number of likely N-dealkylation sites (N-methyl/N-ethyl adjacent to an activating group) is 1. The van der Waals surface area contributed by atoms with Crippen LogP contribution in [-0.2, 0) is 0 Å². The van der Waals surface area contributed by atoms with E-state index in [1.54, 1.807) is 17.1 Å². The van der Waals surface area contributed by atoms with Crippen LogP contribution in [-0.4, -0.2) is 68.4 Å². The molecule has 2 aliphatic rings. The second-order valence-electron chi connectivity index (χ2n) is 10.4. The Kier molecular flexibility index (Phi) is 6.92. The molecule has 0 radical (unpaired) electrons. The molecule has 1 aliphatic heterocycles. The van der Waals surface area contributed by atoms with Gasteiger partial charge in [0.15, 0.2) is 11.3 Å². The number of halogens is 2. The number of carbonyl (C=O) groups excluding carboxylic acids is 1. The van der Waals surface area contributed by atoms with Crippen molar-refractivity contribution in [3.05, 3.63) is 35.9 Å². The van der Waals surface area contributed by atoms with Gasteiger partial charge in [-0.15, -0.1) is 0 Å². The molecule has 1 aliphatic carbocycles. The minimum atomic E-state index is -2.79. The van der Waals surface area contributed by atoms with Crippen molar-refractivity contribution in [1.29, 1.82) is 0 Å². The van der Waals surface area contributed by atoms with Crippen LogP contribution in [0.1, 0.15) is 69.5 Å². The molecule has 2 fully saturated rings. The molecule has 1 saturated carbocycles. The normalized spacial score (nSPS) is 21.6. The first-order valence-corrected chi connectivity index (χ1v) is 12.8. The zero-order valence-corrected chi connectivity index (χ0v) is 21.1. The summed E-state index contributed by atoms with van der Waals surface area (Å²) in [7, 11) is 2.08. The minimum absolute atomic E-state index is 0. The van der Waals surface area contributed by atoms with Crippen LogP contribution in [0.15, 0.2) is 24.7 Å². The van der Waals surface area contributed by atoms with E-state index in [1.807, 2.05) is 6.07 Å². The molecule has 0 spiro atoms. The largest absolute Gasteiger partial charge is 0.354 e. The van der Waals surface area contributed by atoms with E-state index in [-0.39, 0.29) is 18.7 Å². The van der Waals surface area contributed by atoms with Crippen molar-refractivity contribution in [2.24, 2.45) is 11.8 Å². The Hall–Kier alpha value is -3.08. The van der Waals surface area contributed by atoms with Crippen LogP contribution >= 0.6 is 0 Å². The summed E-state index contributed by atoms with van der Waals surface area (Å²) in [6.07, 6.45) is 5.85. The number of piperazine rings is 1. The molecule has 0 unspecified atom stereocenters. The Labute approximate surface area is 210 Å². The lowest BCUT2D eigenvalue weighted by Crippen LogP contribution is -2.44. The topological polar surface area (TPSA) is 83.6 Å². The van der Waals surface area contributed by atoms with Gasteiger partial charge < -0.3 is 15.1 Å². The number of hydrogen-bond acceptors (Lipinski definition) is 6. The van der Waals surface area contributed by atoms with Crippen molar-refractivity contribution in [3.8, 4) is 0 Å². The summed E-state index contributed by atoms with van der Waals surface area (Å²) in [6.45, 7) is 7.99. The summed E-state index contributed by atoms with van der Waals surface area (Å²) in [5, 5.41) is 11.1. The maximum absolute atomic E-state index is 13.8. The molecule has 3 aromatic heterocycles. The van der Waals surface area contributed by atoms with E-state index < -0.39 is 18.0 Å². The van der Waals surface area contributed by atoms with Gasteiger partial charge in [0.05, 0.1) is 17.9 Å². The number of rotatable bonds is 6. The van der Waals surface area contributed by atoms with Crippen LogP contribution in [0.5, 0.6) is 0 Å². The van der Waals surface area contributed by atoms with E-state index in [0.29, 0.717) is 17.5 Å². The lowest BCUT2D eigenvalue weighted by Gasteiger charge is -2.33. The van der Waals surface area contributed by atoms with Crippen LogP contribution in [0, 0.1) is 11.8 Å². The highest BCUT2D eigenvalue weighted by Crippen LogP contribution is 2.37. The maximum atomic E-state index is 13.8. The number of hydrogen-bond donors (Lipinski definition) is 1. The van der Waals surface area contributed by atoms with Crippen LogP contribution in [0.25, 0.3) is 5.65 Å². The van der Waals surface area contributed by atoms with Gasteiger partial charge in [0.2, 0.25) is 0 Å². The average molecular weight is 503 g/mol. The van der Waals surface area contributed by atoms with Crippen LogP contribution in [0.2, 0.25) is 0 Å². The Morgan fingerprint density at radius 3 is 2.53 bits per heavy atom. The van der Waals surface area contributed by atoms with Gasteiger partial charge >= 0.3 is 0 Å². The van der Waals surface area contributed by atoms with E-state index in [9.17, 15) is 13.6 Å². The molecule has 1 amide bonds. The smallest absolute Gasteiger partial charge is 0.284 e. The zero-order valence-electron chi connectivity index (χ0n) is 21.1. The van der Waals surface area contributed by atoms with Crippen molar-refractivity contribution in [2.45, 2.75) is 52.0 Å². The highest BCUT2D eigenvalue weighted by Gasteiger charge is 2.28. The first kappa shape index (κ1) is 24.6. The van der Waals surface area contributed by atoms with Crippen LogP contribution in [0.3, 0.4) is 0 Å². The van der Waals surface area contributed by atoms with Gasteiger partial charge in [-0.05, 0) is 50.6 Å². The van der Waals surface area contributed by atoms with Gasteiger partial charge in [0.1, 0.15) is 11.4 Å². The summed E-state index contributed by atoms with van der Waals surface area (Å²) in [5.41, 5.74) is 0.255. The van der Waals surface area contributed by atoms with Crippen molar-refractivity contribution < 1.29 is 15.0 Å². The van der Waals surface area contributed by atoms with E-state index in [2.05, 4.69) is 51.2 Å². The first-order valence-electron chi connectivity index (χ1n) is 12.8. The van der Waals surface area contributed by atoms with E-state index in [1.165, 1.54) is 10.7 Å². The number of amides is 1.